The summed E-state index contributed by atoms with van der Waals surface area (Å²) in [4.78, 5) is 0.584. The number of thioether (sulfide) groups is 1. The lowest BCUT2D eigenvalue weighted by Gasteiger charge is -2.15. The number of hydrogen-bond donors (Lipinski definition) is 1. The van der Waals surface area contributed by atoms with Crippen LogP contribution in [0.3, 0.4) is 0 Å². The Morgan fingerprint density at radius 1 is 1.25 bits per heavy atom. The third-order valence-corrected chi connectivity index (χ3v) is 4.12. The van der Waals surface area contributed by atoms with Crippen molar-refractivity contribution in [3.8, 4) is 0 Å². The summed E-state index contributed by atoms with van der Waals surface area (Å²) in [5.74, 6) is -2.37. The van der Waals surface area contributed by atoms with E-state index in [2.05, 4.69) is 13.8 Å². The van der Waals surface area contributed by atoms with Crippen molar-refractivity contribution in [2.75, 3.05) is 0 Å². The Hall–Kier alpha value is -0.610. The SMILES string of the molecule is CC1(C)CC1(N)c1ccc(SC(F)F)cc1. The molecule has 1 aliphatic carbocycles. The zero-order valence-electron chi connectivity index (χ0n) is 9.34. The van der Waals surface area contributed by atoms with Crippen LogP contribution in [0.15, 0.2) is 29.2 Å². The molecule has 0 saturated heterocycles. The summed E-state index contributed by atoms with van der Waals surface area (Å²) in [6.45, 7) is 4.24. The van der Waals surface area contributed by atoms with Gasteiger partial charge in [-0.3, -0.25) is 0 Å². The van der Waals surface area contributed by atoms with Gasteiger partial charge in [0.15, 0.2) is 0 Å². The van der Waals surface area contributed by atoms with Crippen LogP contribution < -0.4 is 5.73 Å². The van der Waals surface area contributed by atoms with Gasteiger partial charge in [0.1, 0.15) is 0 Å². The van der Waals surface area contributed by atoms with Crippen molar-refractivity contribution < 1.29 is 8.78 Å². The molecule has 1 fully saturated rings. The molecule has 0 bridgehead atoms. The van der Waals surface area contributed by atoms with Gasteiger partial charge in [0.05, 0.1) is 0 Å². The van der Waals surface area contributed by atoms with Crippen LogP contribution in [0.1, 0.15) is 25.8 Å². The molecule has 0 radical (unpaired) electrons. The van der Waals surface area contributed by atoms with E-state index in [0.29, 0.717) is 16.7 Å². The predicted octanol–water partition coefficient (Wildman–Crippen LogP) is 3.59. The molecule has 0 aliphatic heterocycles. The van der Waals surface area contributed by atoms with Crippen LogP contribution in [-0.4, -0.2) is 5.76 Å². The molecule has 88 valence electrons. The van der Waals surface area contributed by atoms with Gasteiger partial charge in [-0.25, -0.2) is 0 Å². The fourth-order valence-electron chi connectivity index (χ4n) is 2.08. The second kappa shape index (κ2) is 3.70. The average molecular weight is 243 g/mol. The van der Waals surface area contributed by atoms with Crippen LogP contribution in [0.4, 0.5) is 8.78 Å². The molecule has 0 heterocycles. The van der Waals surface area contributed by atoms with Crippen LogP contribution in [-0.2, 0) is 5.54 Å². The lowest BCUT2D eigenvalue weighted by Crippen LogP contribution is -2.25. The Morgan fingerprint density at radius 2 is 1.75 bits per heavy atom. The Bertz CT molecular complexity index is 389. The quantitative estimate of drug-likeness (QED) is 0.821. The number of halogens is 2. The average Bonchev–Trinajstić information content (AvgIpc) is 2.67. The molecule has 0 aromatic heterocycles. The van der Waals surface area contributed by atoms with Gasteiger partial charge in [0.25, 0.3) is 5.76 Å². The van der Waals surface area contributed by atoms with Crippen molar-refractivity contribution >= 4 is 11.8 Å². The molecule has 1 aromatic carbocycles. The van der Waals surface area contributed by atoms with E-state index >= 15 is 0 Å². The summed E-state index contributed by atoms with van der Waals surface area (Å²) < 4.78 is 24.3. The summed E-state index contributed by atoms with van der Waals surface area (Å²) in [6.07, 6.45) is 0.946. The van der Waals surface area contributed by atoms with Crippen molar-refractivity contribution in [1.82, 2.24) is 0 Å². The smallest absolute Gasteiger partial charge is 0.288 e. The molecule has 1 nitrogen and oxygen atoms in total. The number of benzene rings is 1. The number of rotatable bonds is 3. The Balaban J connectivity index is 2.15. The standard InChI is InChI=1S/C12H15F2NS/c1-11(2)7-12(11,15)8-3-5-9(6-4-8)16-10(13)14/h3-6,10H,7,15H2,1-2H3. The van der Waals surface area contributed by atoms with E-state index in [-0.39, 0.29) is 11.0 Å². The molecule has 2 rings (SSSR count). The normalized spacial score (nSPS) is 27.1. The summed E-state index contributed by atoms with van der Waals surface area (Å²) in [7, 11) is 0. The fourth-order valence-corrected chi connectivity index (χ4v) is 2.58. The van der Waals surface area contributed by atoms with Crippen LogP contribution in [0.25, 0.3) is 0 Å². The maximum absolute atomic E-state index is 12.1. The summed E-state index contributed by atoms with van der Waals surface area (Å²) in [6, 6.07) is 7.16. The molecule has 1 aromatic rings. The minimum atomic E-state index is -2.37. The minimum absolute atomic E-state index is 0.115. The predicted molar refractivity (Wildman–Crippen MR) is 62.6 cm³/mol. The zero-order chi connectivity index (χ0) is 12.0. The van der Waals surface area contributed by atoms with Crippen molar-refractivity contribution in [2.45, 2.75) is 36.5 Å². The van der Waals surface area contributed by atoms with Crippen LogP contribution in [0.2, 0.25) is 0 Å². The highest BCUT2D eigenvalue weighted by Crippen LogP contribution is 2.60. The monoisotopic (exact) mass is 243 g/mol. The van der Waals surface area contributed by atoms with E-state index in [1.54, 1.807) is 12.1 Å². The van der Waals surface area contributed by atoms with E-state index in [9.17, 15) is 8.78 Å². The number of nitrogens with two attached hydrogens (primary N) is 1. The molecule has 0 spiro atoms. The molecule has 1 aliphatic rings. The maximum atomic E-state index is 12.1. The first-order valence-corrected chi connectivity index (χ1v) is 6.07. The molecule has 1 saturated carbocycles. The largest absolute Gasteiger partial charge is 0.321 e. The Kier molecular flexibility index (Phi) is 2.75. The van der Waals surface area contributed by atoms with E-state index in [4.69, 9.17) is 5.73 Å². The molecule has 4 heteroatoms. The van der Waals surface area contributed by atoms with Crippen LogP contribution in [0.5, 0.6) is 0 Å². The van der Waals surface area contributed by atoms with E-state index in [1.165, 1.54) is 0 Å². The van der Waals surface area contributed by atoms with Crippen molar-refractivity contribution in [3.05, 3.63) is 29.8 Å². The lowest BCUT2D eigenvalue weighted by molar-refractivity contribution is 0.252. The highest BCUT2D eigenvalue weighted by Gasteiger charge is 2.59. The van der Waals surface area contributed by atoms with E-state index in [0.717, 1.165) is 12.0 Å². The van der Waals surface area contributed by atoms with E-state index in [1.807, 2.05) is 12.1 Å². The molecular weight excluding hydrogens is 228 g/mol. The van der Waals surface area contributed by atoms with Gasteiger partial charge in [0.2, 0.25) is 0 Å². The topological polar surface area (TPSA) is 26.0 Å². The summed E-state index contributed by atoms with van der Waals surface area (Å²) in [5, 5.41) is 0. The van der Waals surface area contributed by atoms with E-state index < -0.39 is 5.76 Å². The molecular formula is C12H15F2NS. The van der Waals surface area contributed by atoms with Gasteiger partial charge in [-0.2, -0.15) is 8.78 Å². The zero-order valence-corrected chi connectivity index (χ0v) is 10.2. The van der Waals surface area contributed by atoms with Gasteiger partial charge in [-0.15, -0.1) is 0 Å². The fraction of sp³-hybridized carbons (Fsp3) is 0.500. The van der Waals surface area contributed by atoms with Gasteiger partial charge in [-0.1, -0.05) is 37.7 Å². The van der Waals surface area contributed by atoms with Crippen molar-refractivity contribution in [3.63, 3.8) is 0 Å². The van der Waals surface area contributed by atoms with Crippen molar-refractivity contribution in [2.24, 2.45) is 11.1 Å². The minimum Gasteiger partial charge on any atom is -0.321 e. The molecule has 16 heavy (non-hydrogen) atoms. The summed E-state index contributed by atoms with van der Waals surface area (Å²) >= 11 is 0.564. The first kappa shape index (κ1) is 11.9. The lowest BCUT2D eigenvalue weighted by atomic mass is 9.97. The van der Waals surface area contributed by atoms with Gasteiger partial charge >= 0.3 is 0 Å². The molecule has 0 amide bonds. The molecule has 1 atom stereocenters. The van der Waals surface area contributed by atoms with Gasteiger partial charge in [-0.05, 0) is 29.5 Å². The first-order chi connectivity index (χ1) is 7.35. The number of alkyl halides is 2. The second-order valence-electron chi connectivity index (χ2n) is 4.93. The Morgan fingerprint density at radius 3 is 2.12 bits per heavy atom. The maximum Gasteiger partial charge on any atom is 0.288 e. The number of hydrogen-bond acceptors (Lipinski definition) is 2. The molecule has 1 unspecified atom stereocenters. The third kappa shape index (κ3) is 1.96. The first-order valence-electron chi connectivity index (χ1n) is 5.19. The highest BCUT2D eigenvalue weighted by molar-refractivity contribution is 7.99. The van der Waals surface area contributed by atoms with Crippen LogP contribution >= 0.6 is 11.8 Å². The van der Waals surface area contributed by atoms with Gasteiger partial charge in [0, 0.05) is 10.4 Å². The van der Waals surface area contributed by atoms with Crippen LogP contribution in [0, 0.1) is 5.41 Å². The second-order valence-corrected chi connectivity index (χ2v) is 6.00. The van der Waals surface area contributed by atoms with Gasteiger partial charge < -0.3 is 5.73 Å². The summed E-state index contributed by atoms with van der Waals surface area (Å²) in [5.41, 5.74) is 7.12. The third-order valence-electron chi connectivity index (χ3n) is 3.40. The highest BCUT2D eigenvalue weighted by atomic mass is 32.2. The van der Waals surface area contributed by atoms with Crippen molar-refractivity contribution in [1.29, 1.82) is 0 Å². The molecule has 2 N–H and O–H groups in total. The Labute approximate surface area is 98.4 Å².